The third kappa shape index (κ3) is 3.89. The van der Waals surface area contributed by atoms with Crippen molar-refractivity contribution in [1.29, 1.82) is 0 Å². The van der Waals surface area contributed by atoms with Crippen LogP contribution in [0, 0.1) is 24.0 Å². The highest BCUT2D eigenvalue weighted by molar-refractivity contribution is 6.02. The van der Waals surface area contributed by atoms with Crippen LogP contribution in [-0.2, 0) is 16.1 Å². The van der Waals surface area contributed by atoms with Crippen LogP contribution in [0.15, 0.2) is 36.4 Å². The Bertz CT molecular complexity index is 905. The topological polar surface area (TPSA) is 90.7 Å². The maximum Gasteiger partial charge on any atom is 0.270 e. The first-order chi connectivity index (χ1) is 12.4. The molecule has 1 heterocycles. The molecule has 2 aromatic rings. The molecule has 0 spiro atoms. The van der Waals surface area contributed by atoms with Crippen molar-refractivity contribution in [2.24, 2.45) is 0 Å². The minimum Gasteiger partial charge on any atom is -0.467 e. The second kappa shape index (κ2) is 7.37. The molecule has 0 fully saturated rings. The lowest BCUT2D eigenvalue weighted by Gasteiger charge is -2.19. The number of aryl methyl sites for hydroxylation is 2. The number of ether oxygens (including phenoxy) is 2. The number of nitro groups is 1. The highest BCUT2D eigenvalue weighted by atomic mass is 16.7. The number of nitrogens with zero attached hydrogens (tertiary/aromatic N) is 1. The Morgan fingerprint density at radius 3 is 2.81 bits per heavy atom. The molecule has 7 heteroatoms. The van der Waals surface area contributed by atoms with Gasteiger partial charge in [0.25, 0.3) is 5.69 Å². The Morgan fingerprint density at radius 1 is 1.27 bits per heavy atom. The normalized spacial score (nSPS) is 13.2. The van der Waals surface area contributed by atoms with E-state index in [1.54, 1.807) is 0 Å². The zero-order valence-corrected chi connectivity index (χ0v) is 14.4. The number of rotatable bonds is 4. The number of hydrogen-bond acceptors (Lipinski definition) is 5. The Morgan fingerprint density at radius 2 is 2.08 bits per heavy atom. The molecular formula is C19H18N2O5. The minimum atomic E-state index is -0.484. The standard InChI is InChI=1S/C19H18N2O5/c1-12-3-5-17(13(2)7-12)20-18(22)6-4-14-8-16(21(23)24)9-15-10-25-11-26-19(14)15/h3-9H,10-11H2,1-2H3,(H,20,22)/b6-4+. The van der Waals surface area contributed by atoms with Crippen LogP contribution in [0.5, 0.6) is 5.75 Å². The number of nitrogens with one attached hydrogen (secondary N) is 1. The molecule has 0 aromatic heterocycles. The van der Waals surface area contributed by atoms with Gasteiger partial charge in [0, 0.05) is 35.0 Å². The summed E-state index contributed by atoms with van der Waals surface area (Å²) >= 11 is 0. The summed E-state index contributed by atoms with van der Waals surface area (Å²) in [5.74, 6) is 0.168. The second-order valence-electron chi connectivity index (χ2n) is 6.03. The van der Waals surface area contributed by atoms with E-state index in [0.29, 0.717) is 16.9 Å². The number of anilines is 1. The molecule has 0 unspecified atom stereocenters. The highest BCUT2D eigenvalue weighted by Crippen LogP contribution is 2.33. The predicted molar refractivity (Wildman–Crippen MR) is 97.0 cm³/mol. The molecule has 3 rings (SSSR count). The molecule has 0 bridgehead atoms. The number of non-ortho nitro benzene ring substituents is 1. The quantitative estimate of drug-likeness (QED) is 0.513. The largest absolute Gasteiger partial charge is 0.467 e. The van der Waals surface area contributed by atoms with Crippen LogP contribution in [-0.4, -0.2) is 17.6 Å². The molecule has 0 aliphatic carbocycles. The van der Waals surface area contributed by atoms with Gasteiger partial charge in [-0.15, -0.1) is 0 Å². The molecule has 1 amide bonds. The number of benzene rings is 2. The molecule has 0 atom stereocenters. The van der Waals surface area contributed by atoms with Crippen molar-refractivity contribution in [2.45, 2.75) is 20.5 Å². The number of carbonyl (C=O) groups is 1. The number of amides is 1. The number of hydrogen-bond donors (Lipinski definition) is 1. The molecule has 0 radical (unpaired) electrons. The van der Waals surface area contributed by atoms with Crippen LogP contribution in [0.1, 0.15) is 22.3 Å². The first-order valence-corrected chi connectivity index (χ1v) is 8.02. The van der Waals surface area contributed by atoms with Crippen molar-refractivity contribution in [3.8, 4) is 5.75 Å². The van der Waals surface area contributed by atoms with Gasteiger partial charge in [-0.3, -0.25) is 14.9 Å². The van der Waals surface area contributed by atoms with Gasteiger partial charge in [0.1, 0.15) is 5.75 Å². The minimum absolute atomic E-state index is 0.0698. The van der Waals surface area contributed by atoms with Gasteiger partial charge in [0.2, 0.25) is 5.91 Å². The number of fused-ring (bicyclic) bond motifs is 1. The molecule has 26 heavy (non-hydrogen) atoms. The van der Waals surface area contributed by atoms with Crippen molar-refractivity contribution in [3.05, 3.63) is 68.8 Å². The molecule has 2 aromatic carbocycles. The second-order valence-corrected chi connectivity index (χ2v) is 6.03. The van der Waals surface area contributed by atoms with Crippen LogP contribution in [0.3, 0.4) is 0 Å². The lowest BCUT2D eigenvalue weighted by Crippen LogP contribution is -2.13. The van der Waals surface area contributed by atoms with Crippen molar-refractivity contribution in [1.82, 2.24) is 0 Å². The van der Waals surface area contributed by atoms with Gasteiger partial charge in [-0.1, -0.05) is 17.7 Å². The van der Waals surface area contributed by atoms with Crippen LogP contribution in [0.4, 0.5) is 11.4 Å². The third-order valence-electron chi connectivity index (χ3n) is 3.99. The zero-order chi connectivity index (χ0) is 18.7. The van der Waals surface area contributed by atoms with Crippen LogP contribution >= 0.6 is 0 Å². The SMILES string of the molecule is Cc1ccc(NC(=O)/C=C/c2cc([N+](=O)[O-])cc3c2OCOC3)c(C)c1. The van der Waals surface area contributed by atoms with Gasteiger partial charge in [0.05, 0.1) is 11.5 Å². The van der Waals surface area contributed by atoms with Crippen LogP contribution < -0.4 is 10.1 Å². The van der Waals surface area contributed by atoms with Crippen LogP contribution in [0.25, 0.3) is 6.08 Å². The highest BCUT2D eigenvalue weighted by Gasteiger charge is 2.19. The molecule has 1 aliphatic rings. The Balaban J connectivity index is 1.84. The lowest BCUT2D eigenvalue weighted by atomic mass is 10.1. The Labute approximate surface area is 150 Å². The first kappa shape index (κ1) is 17.6. The summed E-state index contributed by atoms with van der Waals surface area (Å²) in [5, 5.41) is 13.9. The maximum absolute atomic E-state index is 12.2. The number of nitro benzene ring substituents is 1. The van der Waals surface area contributed by atoms with Crippen molar-refractivity contribution < 1.29 is 19.2 Å². The van der Waals surface area contributed by atoms with E-state index in [0.717, 1.165) is 16.8 Å². The van der Waals surface area contributed by atoms with E-state index in [-0.39, 0.29) is 25.0 Å². The van der Waals surface area contributed by atoms with Crippen molar-refractivity contribution in [3.63, 3.8) is 0 Å². The maximum atomic E-state index is 12.2. The fourth-order valence-corrected chi connectivity index (χ4v) is 2.75. The van der Waals surface area contributed by atoms with E-state index in [1.165, 1.54) is 24.3 Å². The lowest BCUT2D eigenvalue weighted by molar-refractivity contribution is -0.385. The van der Waals surface area contributed by atoms with E-state index in [4.69, 9.17) is 9.47 Å². The first-order valence-electron chi connectivity index (χ1n) is 8.02. The fourth-order valence-electron chi connectivity index (χ4n) is 2.75. The van der Waals surface area contributed by atoms with Gasteiger partial charge in [0.15, 0.2) is 6.79 Å². The van der Waals surface area contributed by atoms with E-state index < -0.39 is 4.92 Å². The van der Waals surface area contributed by atoms with Gasteiger partial charge in [-0.25, -0.2) is 0 Å². The molecule has 7 nitrogen and oxygen atoms in total. The smallest absolute Gasteiger partial charge is 0.270 e. The van der Waals surface area contributed by atoms with E-state index >= 15 is 0 Å². The molecule has 134 valence electrons. The summed E-state index contributed by atoms with van der Waals surface area (Å²) in [5.41, 5.74) is 3.76. The van der Waals surface area contributed by atoms with Crippen molar-refractivity contribution in [2.75, 3.05) is 12.1 Å². The predicted octanol–water partition coefficient (Wildman–Crippen LogP) is 3.73. The van der Waals surface area contributed by atoms with Gasteiger partial charge in [-0.2, -0.15) is 0 Å². The molecule has 0 saturated heterocycles. The summed E-state index contributed by atoms with van der Waals surface area (Å²) in [7, 11) is 0. The fraction of sp³-hybridized carbons (Fsp3) is 0.211. The summed E-state index contributed by atoms with van der Waals surface area (Å²) in [4.78, 5) is 22.8. The summed E-state index contributed by atoms with van der Waals surface area (Å²) < 4.78 is 10.6. The average molecular weight is 354 g/mol. The average Bonchev–Trinajstić information content (AvgIpc) is 2.61. The summed E-state index contributed by atoms with van der Waals surface area (Å²) in [6, 6.07) is 8.53. The summed E-state index contributed by atoms with van der Waals surface area (Å²) in [6.07, 6.45) is 2.84. The van der Waals surface area contributed by atoms with E-state index in [1.807, 2.05) is 32.0 Å². The number of carbonyl (C=O) groups excluding carboxylic acids is 1. The molecule has 1 N–H and O–H groups in total. The van der Waals surface area contributed by atoms with Crippen molar-refractivity contribution >= 4 is 23.4 Å². The van der Waals surface area contributed by atoms with E-state index in [9.17, 15) is 14.9 Å². The molecule has 1 aliphatic heterocycles. The zero-order valence-electron chi connectivity index (χ0n) is 14.4. The van der Waals surface area contributed by atoms with Gasteiger partial charge in [-0.05, 0) is 31.6 Å². The van der Waals surface area contributed by atoms with E-state index in [2.05, 4.69) is 5.32 Å². The third-order valence-corrected chi connectivity index (χ3v) is 3.99. The molecular weight excluding hydrogens is 336 g/mol. The van der Waals surface area contributed by atoms with Crippen LogP contribution in [0.2, 0.25) is 0 Å². The Hall–Kier alpha value is -3.19. The van der Waals surface area contributed by atoms with Gasteiger partial charge < -0.3 is 14.8 Å². The monoisotopic (exact) mass is 354 g/mol. The Kier molecular flexibility index (Phi) is 4.99. The molecule has 0 saturated carbocycles. The summed E-state index contributed by atoms with van der Waals surface area (Å²) in [6.45, 7) is 4.19. The van der Waals surface area contributed by atoms with Gasteiger partial charge >= 0.3 is 0 Å².